The normalized spacial score (nSPS) is 34.4. The number of hydrogen-bond acceptors (Lipinski definition) is 0. The van der Waals surface area contributed by atoms with Crippen molar-refractivity contribution in [3.8, 4) is 0 Å². The van der Waals surface area contributed by atoms with E-state index in [-0.39, 0.29) is 17.3 Å². The molecule has 0 bridgehead atoms. The molecule has 0 saturated heterocycles. The van der Waals surface area contributed by atoms with Crippen LogP contribution in [0.2, 0.25) is 0 Å². The predicted octanol–water partition coefficient (Wildman–Crippen LogP) is 3.45. The molecule has 0 aromatic carbocycles. The van der Waals surface area contributed by atoms with E-state index >= 15 is 0 Å². The molecule has 0 spiro atoms. The highest BCUT2D eigenvalue weighted by atomic mass is 79.9. The van der Waals surface area contributed by atoms with Gasteiger partial charge in [0.15, 0.2) is 0 Å². The average molecular weight is 227 g/mol. The molecule has 0 aliphatic heterocycles. The summed E-state index contributed by atoms with van der Waals surface area (Å²) in [6, 6.07) is 0. The Kier molecular flexibility index (Phi) is 2.30. The van der Waals surface area contributed by atoms with Crippen LogP contribution >= 0.6 is 15.9 Å². The second-order valence-corrected chi connectivity index (χ2v) is 4.63. The van der Waals surface area contributed by atoms with Gasteiger partial charge in [-0.15, -0.1) is 0 Å². The topological polar surface area (TPSA) is 0 Å². The predicted molar refractivity (Wildman–Crippen MR) is 45.2 cm³/mol. The maximum atomic E-state index is 12.1. The monoisotopic (exact) mass is 226 g/mol. The summed E-state index contributed by atoms with van der Waals surface area (Å²) < 4.78 is 24.2. The van der Waals surface area contributed by atoms with Gasteiger partial charge in [0.25, 0.3) is 0 Å². The quantitative estimate of drug-likeness (QED) is 0.647. The zero-order valence-electron chi connectivity index (χ0n) is 6.83. The van der Waals surface area contributed by atoms with Crippen molar-refractivity contribution in [3.63, 3.8) is 0 Å². The largest absolute Gasteiger partial charge is 0.239 e. The number of rotatable bonds is 3. The summed E-state index contributed by atoms with van der Waals surface area (Å²) in [6.45, 7) is 4.10. The Balaban J connectivity index is 2.53. The molecule has 1 fully saturated rings. The molecule has 11 heavy (non-hydrogen) atoms. The van der Waals surface area contributed by atoms with Crippen LogP contribution in [0.15, 0.2) is 0 Å². The molecular formula is C8H13BrF2. The molecule has 0 amide bonds. The van der Waals surface area contributed by atoms with E-state index in [4.69, 9.17) is 0 Å². The minimum Gasteiger partial charge on any atom is -0.211 e. The highest BCUT2D eigenvalue weighted by molar-refractivity contribution is 9.09. The third kappa shape index (κ3) is 1.58. The van der Waals surface area contributed by atoms with Gasteiger partial charge in [0, 0.05) is 11.8 Å². The van der Waals surface area contributed by atoms with Crippen LogP contribution in [0.3, 0.4) is 0 Å². The van der Waals surface area contributed by atoms with Gasteiger partial charge >= 0.3 is 0 Å². The summed E-state index contributed by atoms with van der Waals surface area (Å²) >= 11 is 3.30. The van der Waals surface area contributed by atoms with Gasteiger partial charge in [-0.25, -0.2) is 8.78 Å². The Hall–Kier alpha value is 0.340. The fourth-order valence-electron chi connectivity index (χ4n) is 1.73. The maximum Gasteiger partial charge on any atom is 0.239 e. The summed E-state index contributed by atoms with van der Waals surface area (Å²) in [7, 11) is 0. The Labute approximate surface area is 74.5 Å². The van der Waals surface area contributed by atoms with E-state index in [9.17, 15) is 8.78 Å². The van der Waals surface area contributed by atoms with Crippen molar-refractivity contribution in [2.24, 2.45) is 10.8 Å². The standard InChI is InChI=1S/C8H13BrF2/c1-7(2)4-8(7,5-9)3-6(10)11/h6H,3-5H2,1-2H3. The lowest BCUT2D eigenvalue weighted by molar-refractivity contribution is 0.104. The molecule has 1 aliphatic carbocycles. The van der Waals surface area contributed by atoms with E-state index in [0.29, 0.717) is 5.33 Å². The van der Waals surface area contributed by atoms with Crippen LogP contribution in [0.5, 0.6) is 0 Å². The number of hydrogen-bond donors (Lipinski definition) is 0. The van der Waals surface area contributed by atoms with Crippen LogP contribution < -0.4 is 0 Å². The number of halogens is 3. The third-order valence-electron chi connectivity index (χ3n) is 2.89. The first-order valence-corrected chi connectivity index (χ1v) is 4.90. The molecular weight excluding hydrogens is 214 g/mol. The van der Waals surface area contributed by atoms with Crippen LogP contribution in [-0.4, -0.2) is 11.8 Å². The molecule has 1 rings (SSSR count). The van der Waals surface area contributed by atoms with E-state index < -0.39 is 6.43 Å². The Morgan fingerprint density at radius 2 is 1.91 bits per heavy atom. The van der Waals surface area contributed by atoms with Crippen molar-refractivity contribution in [2.75, 3.05) is 5.33 Å². The molecule has 66 valence electrons. The lowest BCUT2D eigenvalue weighted by atomic mass is 9.95. The van der Waals surface area contributed by atoms with Gasteiger partial charge < -0.3 is 0 Å². The Morgan fingerprint density at radius 1 is 1.45 bits per heavy atom. The van der Waals surface area contributed by atoms with Crippen LogP contribution in [0.1, 0.15) is 26.7 Å². The van der Waals surface area contributed by atoms with E-state index in [2.05, 4.69) is 29.8 Å². The Morgan fingerprint density at radius 3 is 2.00 bits per heavy atom. The fraction of sp³-hybridized carbons (Fsp3) is 1.00. The smallest absolute Gasteiger partial charge is 0.211 e. The zero-order valence-corrected chi connectivity index (χ0v) is 8.42. The van der Waals surface area contributed by atoms with Gasteiger partial charge in [-0.1, -0.05) is 29.8 Å². The molecule has 1 unspecified atom stereocenters. The molecule has 1 aliphatic rings. The summed E-state index contributed by atoms with van der Waals surface area (Å²) in [5.74, 6) is 0. The minimum absolute atomic E-state index is 0.0469. The molecule has 0 aromatic heterocycles. The molecule has 0 heterocycles. The Bertz CT molecular complexity index is 156. The van der Waals surface area contributed by atoms with E-state index in [1.165, 1.54) is 0 Å². The van der Waals surface area contributed by atoms with Crippen molar-refractivity contribution < 1.29 is 8.78 Å². The second-order valence-electron chi connectivity index (χ2n) is 4.07. The first-order chi connectivity index (χ1) is 4.93. The van der Waals surface area contributed by atoms with Crippen molar-refractivity contribution in [1.29, 1.82) is 0 Å². The van der Waals surface area contributed by atoms with Crippen molar-refractivity contribution in [1.82, 2.24) is 0 Å². The van der Waals surface area contributed by atoms with E-state index in [1.807, 2.05) is 0 Å². The molecule has 3 heteroatoms. The molecule has 1 atom stereocenters. The molecule has 0 N–H and O–H groups in total. The van der Waals surface area contributed by atoms with Gasteiger partial charge in [-0.3, -0.25) is 0 Å². The van der Waals surface area contributed by atoms with Crippen LogP contribution in [0.4, 0.5) is 8.78 Å². The van der Waals surface area contributed by atoms with Gasteiger partial charge in [-0.2, -0.15) is 0 Å². The first-order valence-electron chi connectivity index (χ1n) is 3.78. The van der Waals surface area contributed by atoms with E-state index in [1.54, 1.807) is 0 Å². The maximum absolute atomic E-state index is 12.1. The minimum atomic E-state index is -2.16. The second kappa shape index (κ2) is 2.68. The zero-order chi connectivity index (χ0) is 8.70. The van der Waals surface area contributed by atoms with Crippen LogP contribution in [0, 0.1) is 10.8 Å². The van der Waals surface area contributed by atoms with Gasteiger partial charge in [0.05, 0.1) is 0 Å². The molecule has 0 radical (unpaired) electrons. The first kappa shape index (κ1) is 9.43. The molecule has 0 nitrogen and oxygen atoms in total. The van der Waals surface area contributed by atoms with Gasteiger partial charge in [0.2, 0.25) is 6.43 Å². The van der Waals surface area contributed by atoms with Crippen LogP contribution in [-0.2, 0) is 0 Å². The van der Waals surface area contributed by atoms with Gasteiger partial charge in [-0.05, 0) is 17.3 Å². The summed E-state index contributed by atoms with van der Waals surface area (Å²) in [5, 5.41) is 0.706. The fourth-order valence-corrected chi connectivity index (χ4v) is 2.91. The SMILES string of the molecule is CC1(C)CC1(CBr)CC(F)F. The summed E-state index contributed by atoms with van der Waals surface area (Å²) in [5.41, 5.74) is -0.00586. The van der Waals surface area contributed by atoms with Crippen molar-refractivity contribution in [2.45, 2.75) is 33.1 Å². The van der Waals surface area contributed by atoms with Crippen LogP contribution in [0.25, 0.3) is 0 Å². The lowest BCUT2D eigenvalue weighted by Gasteiger charge is -2.16. The highest BCUT2D eigenvalue weighted by Crippen LogP contribution is 2.66. The van der Waals surface area contributed by atoms with Gasteiger partial charge in [0.1, 0.15) is 0 Å². The number of alkyl halides is 3. The molecule has 0 aromatic rings. The lowest BCUT2D eigenvalue weighted by Crippen LogP contribution is -2.14. The van der Waals surface area contributed by atoms with Crippen molar-refractivity contribution in [3.05, 3.63) is 0 Å². The summed E-state index contributed by atoms with van der Waals surface area (Å²) in [6.07, 6.45) is -1.18. The van der Waals surface area contributed by atoms with Crippen molar-refractivity contribution >= 4 is 15.9 Å². The molecule has 1 saturated carbocycles. The average Bonchev–Trinajstić information content (AvgIpc) is 2.33. The third-order valence-corrected chi connectivity index (χ3v) is 3.97. The highest BCUT2D eigenvalue weighted by Gasteiger charge is 2.60. The van der Waals surface area contributed by atoms with E-state index in [0.717, 1.165) is 6.42 Å². The summed E-state index contributed by atoms with van der Waals surface area (Å²) in [4.78, 5) is 0.